The number of unbranched alkanes of at least 4 members (excludes halogenated alkanes) is 3. The molecule has 1 aromatic rings. The van der Waals surface area contributed by atoms with E-state index in [1.54, 1.807) is 0 Å². The predicted molar refractivity (Wildman–Crippen MR) is 74.3 cm³/mol. The molecular weight excluding hydrogens is 260 g/mol. The maximum absolute atomic E-state index is 11.0. The molecule has 0 aliphatic heterocycles. The first-order chi connectivity index (χ1) is 9.41. The Bertz CT molecular complexity index is 459. The number of aromatic carboxylic acids is 2. The summed E-state index contributed by atoms with van der Waals surface area (Å²) in [6.45, 7) is 4.38. The van der Waals surface area contributed by atoms with E-state index >= 15 is 0 Å². The van der Waals surface area contributed by atoms with E-state index in [0.717, 1.165) is 19.3 Å². The highest BCUT2D eigenvalue weighted by molar-refractivity contribution is 5.90. The number of carboxylic acids is 2. The largest absolute Gasteiger partial charge is 0.475 e. The minimum absolute atomic E-state index is 0.246. The Balaban J connectivity index is 2.46. The van der Waals surface area contributed by atoms with E-state index in [4.69, 9.17) is 14.6 Å². The molecule has 2 N–H and O–H groups in total. The Morgan fingerprint density at radius 3 is 2.30 bits per heavy atom. The van der Waals surface area contributed by atoms with Crippen LogP contribution in [0.15, 0.2) is 10.5 Å². The van der Waals surface area contributed by atoms with Crippen molar-refractivity contribution in [2.75, 3.05) is 0 Å². The molecule has 1 heterocycles. The third kappa shape index (κ3) is 5.07. The summed E-state index contributed by atoms with van der Waals surface area (Å²) in [6, 6.07) is 1.32. The standard InChI is InChI=1S/C15H22O5/c1-10(2)7-5-3-4-6-8-11-9-12(14(16)17)20-13(11)15(18)19/h9-10H,3-8H2,1-2H3,(H,16,17)(H,18,19). The van der Waals surface area contributed by atoms with Crippen molar-refractivity contribution in [1.29, 1.82) is 0 Å². The molecule has 0 saturated heterocycles. The maximum Gasteiger partial charge on any atom is 0.372 e. The molecule has 20 heavy (non-hydrogen) atoms. The number of carbonyl (C=O) groups is 2. The molecule has 0 spiro atoms. The highest BCUT2D eigenvalue weighted by Gasteiger charge is 2.20. The van der Waals surface area contributed by atoms with Crippen LogP contribution in [0.3, 0.4) is 0 Å². The fraction of sp³-hybridized carbons (Fsp3) is 0.600. The van der Waals surface area contributed by atoms with Crippen molar-refractivity contribution in [3.8, 4) is 0 Å². The molecule has 0 atom stereocenters. The van der Waals surface area contributed by atoms with Gasteiger partial charge in [-0.15, -0.1) is 0 Å². The third-order valence-corrected chi connectivity index (χ3v) is 3.19. The average Bonchev–Trinajstić information content (AvgIpc) is 2.77. The van der Waals surface area contributed by atoms with E-state index in [1.165, 1.54) is 18.9 Å². The van der Waals surface area contributed by atoms with Gasteiger partial charge in [-0.05, 0) is 24.8 Å². The van der Waals surface area contributed by atoms with E-state index in [-0.39, 0.29) is 11.5 Å². The molecular formula is C15H22O5. The Labute approximate surface area is 118 Å². The fourth-order valence-electron chi connectivity index (χ4n) is 2.12. The van der Waals surface area contributed by atoms with Crippen LogP contribution in [0.4, 0.5) is 0 Å². The summed E-state index contributed by atoms with van der Waals surface area (Å²) < 4.78 is 4.85. The zero-order valence-electron chi connectivity index (χ0n) is 12.0. The Morgan fingerprint density at radius 2 is 1.75 bits per heavy atom. The second kappa shape index (κ2) is 7.72. The average molecular weight is 282 g/mol. The van der Waals surface area contributed by atoms with Crippen molar-refractivity contribution in [2.45, 2.75) is 52.4 Å². The van der Waals surface area contributed by atoms with Gasteiger partial charge in [-0.1, -0.05) is 39.5 Å². The maximum atomic E-state index is 11.0. The Kier molecular flexibility index (Phi) is 6.28. The summed E-state index contributed by atoms with van der Waals surface area (Å²) in [6.07, 6.45) is 5.89. The van der Waals surface area contributed by atoms with E-state index in [1.807, 2.05) is 0 Å². The quantitative estimate of drug-likeness (QED) is 0.672. The Morgan fingerprint density at radius 1 is 1.10 bits per heavy atom. The number of aryl methyl sites for hydroxylation is 1. The van der Waals surface area contributed by atoms with Gasteiger partial charge in [0.25, 0.3) is 0 Å². The van der Waals surface area contributed by atoms with Crippen molar-refractivity contribution in [3.63, 3.8) is 0 Å². The number of carboxylic acid groups (broad SMARTS) is 2. The van der Waals surface area contributed by atoms with E-state index in [2.05, 4.69) is 13.8 Å². The van der Waals surface area contributed by atoms with Crippen molar-refractivity contribution in [3.05, 3.63) is 23.2 Å². The lowest BCUT2D eigenvalue weighted by atomic mass is 10.0. The lowest BCUT2D eigenvalue weighted by Crippen LogP contribution is -1.99. The minimum Gasteiger partial charge on any atom is -0.475 e. The van der Waals surface area contributed by atoms with Crippen LogP contribution >= 0.6 is 0 Å². The van der Waals surface area contributed by atoms with Gasteiger partial charge in [-0.25, -0.2) is 9.59 Å². The van der Waals surface area contributed by atoms with Crippen LogP contribution < -0.4 is 0 Å². The minimum atomic E-state index is -1.24. The lowest BCUT2D eigenvalue weighted by molar-refractivity contribution is 0.0631. The second-order valence-electron chi connectivity index (χ2n) is 5.42. The van der Waals surface area contributed by atoms with Gasteiger partial charge < -0.3 is 14.6 Å². The molecule has 1 aromatic heterocycles. The summed E-state index contributed by atoms with van der Waals surface area (Å²) in [4.78, 5) is 21.8. The lowest BCUT2D eigenvalue weighted by Gasteiger charge is -2.04. The van der Waals surface area contributed by atoms with Gasteiger partial charge in [-0.3, -0.25) is 0 Å². The number of hydrogen-bond donors (Lipinski definition) is 2. The van der Waals surface area contributed by atoms with Crippen LogP contribution in [0.25, 0.3) is 0 Å². The molecule has 1 rings (SSSR count). The van der Waals surface area contributed by atoms with Crippen molar-refractivity contribution in [2.24, 2.45) is 5.92 Å². The van der Waals surface area contributed by atoms with E-state index < -0.39 is 11.9 Å². The van der Waals surface area contributed by atoms with Gasteiger partial charge in [0.15, 0.2) is 0 Å². The highest BCUT2D eigenvalue weighted by Crippen LogP contribution is 2.19. The molecule has 0 unspecified atom stereocenters. The SMILES string of the molecule is CC(C)CCCCCCc1cc(C(=O)O)oc1C(=O)O. The molecule has 0 saturated carbocycles. The smallest absolute Gasteiger partial charge is 0.372 e. The topological polar surface area (TPSA) is 87.7 Å². The number of rotatable bonds is 9. The molecule has 0 aliphatic rings. The van der Waals surface area contributed by atoms with E-state index in [0.29, 0.717) is 17.9 Å². The zero-order valence-corrected chi connectivity index (χ0v) is 12.0. The third-order valence-electron chi connectivity index (χ3n) is 3.19. The summed E-state index contributed by atoms with van der Waals surface area (Å²) in [5.41, 5.74) is 0.471. The van der Waals surface area contributed by atoms with Gasteiger partial charge >= 0.3 is 11.9 Å². The summed E-state index contributed by atoms with van der Waals surface area (Å²) in [7, 11) is 0. The zero-order chi connectivity index (χ0) is 15.1. The van der Waals surface area contributed by atoms with Crippen molar-refractivity contribution >= 4 is 11.9 Å². The first kappa shape index (κ1) is 16.3. The predicted octanol–water partition coefficient (Wildman–Crippen LogP) is 3.83. The molecule has 5 heteroatoms. The molecule has 5 nitrogen and oxygen atoms in total. The first-order valence-corrected chi connectivity index (χ1v) is 7.01. The van der Waals surface area contributed by atoms with Crippen LogP contribution in [0.5, 0.6) is 0 Å². The van der Waals surface area contributed by atoms with E-state index in [9.17, 15) is 9.59 Å². The molecule has 0 radical (unpaired) electrons. The number of hydrogen-bond acceptors (Lipinski definition) is 3. The number of furan rings is 1. The fourth-order valence-corrected chi connectivity index (χ4v) is 2.12. The van der Waals surface area contributed by atoms with Crippen LogP contribution in [0, 0.1) is 5.92 Å². The normalized spacial score (nSPS) is 10.9. The van der Waals surface area contributed by atoms with Gasteiger partial charge in [-0.2, -0.15) is 0 Å². The van der Waals surface area contributed by atoms with Crippen molar-refractivity contribution in [1.82, 2.24) is 0 Å². The van der Waals surface area contributed by atoms with Gasteiger partial charge in [0.2, 0.25) is 11.5 Å². The Hall–Kier alpha value is -1.78. The van der Waals surface area contributed by atoms with Crippen molar-refractivity contribution < 1.29 is 24.2 Å². The van der Waals surface area contributed by atoms with Crippen LogP contribution in [0.2, 0.25) is 0 Å². The summed E-state index contributed by atoms with van der Waals surface area (Å²) in [5, 5.41) is 17.8. The summed E-state index contributed by atoms with van der Waals surface area (Å²) >= 11 is 0. The monoisotopic (exact) mass is 282 g/mol. The second-order valence-corrected chi connectivity index (χ2v) is 5.42. The van der Waals surface area contributed by atoms with Gasteiger partial charge in [0, 0.05) is 5.56 Å². The molecule has 0 aromatic carbocycles. The first-order valence-electron chi connectivity index (χ1n) is 7.01. The van der Waals surface area contributed by atoms with Crippen LogP contribution in [-0.4, -0.2) is 22.2 Å². The summed E-state index contributed by atoms with van der Waals surface area (Å²) in [5.74, 6) is -2.30. The van der Waals surface area contributed by atoms with Crippen LogP contribution in [-0.2, 0) is 6.42 Å². The highest BCUT2D eigenvalue weighted by atomic mass is 16.4. The van der Waals surface area contributed by atoms with Gasteiger partial charge in [0.05, 0.1) is 0 Å². The molecule has 0 aliphatic carbocycles. The molecule has 0 bridgehead atoms. The molecule has 0 fully saturated rings. The van der Waals surface area contributed by atoms with Gasteiger partial charge in [0.1, 0.15) is 0 Å². The molecule has 112 valence electrons. The van der Waals surface area contributed by atoms with Crippen LogP contribution in [0.1, 0.15) is 72.6 Å². The molecule has 0 amide bonds.